The van der Waals surface area contributed by atoms with Crippen LogP contribution in [0.15, 0.2) is 41.3 Å². The number of piperidine rings is 1. The Morgan fingerprint density at radius 3 is 2.37 bits per heavy atom. The maximum absolute atomic E-state index is 12.4. The minimum atomic E-state index is -3.70. The Bertz CT molecular complexity index is 890. The van der Waals surface area contributed by atoms with E-state index in [-0.39, 0.29) is 16.7 Å². The number of primary sulfonamides is 1. The van der Waals surface area contributed by atoms with E-state index in [4.69, 9.17) is 5.14 Å². The van der Waals surface area contributed by atoms with Crippen molar-refractivity contribution in [2.24, 2.45) is 11.1 Å². The molecule has 0 atom stereocenters. The number of benzene rings is 1. The van der Waals surface area contributed by atoms with Crippen molar-refractivity contribution in [2.75, 3.05) is 18.0 Å². The number of nitrogens with two attached hydrogens (primary N) is 1. The molecule has 3 rings (SSSR count). The zero-order valence-electron chi connectivity index (χ0n) is 15.1. The molecule has 0 unspecified atom stereocenters. The van der Waals surface area contributed by atoms with E-state index in [0.29, 0.717) is 6.54 Å². The number of aromatic nitrogens is 2. The molecule has 3 N–H and O–H groups in total. The van der Waals surface area contributed by atoms with Gasteiger partial charge in [0.15, 0.2) is 5.82 Å². The van der Waals surface area contributed by atoms with Crippen LogP contribution < -0.4 is 15.4 Å². The number of aryl methyl sites for hydroxylation is 1. The van der Waals surface area contributed by atoms with E-state index in [1.165, 1.54) is 12.1 Å². The highest BCUT2D eigenvalue weighted by Crippen LogP contribution is 2.21. The van der Waals surface area contributed by atoms with Crippen molar-refractivity contribution in [3.05, 3.63) is 47.7 Å². The van der Waals surface area contributed by atoms with Crippen LogP contribution in [-0.2, 0) is 21.4 Å². The number of rotatable bonds is 5. The van der Waals surface area contributed by atoms with E-state index in [1.54, 1.807) is 12.1 Å². The highest BCUT2D eigenvalue weighted by molar-refractivity contribution is 7.89. The minimum Gasteiger partial charge on any atom is -0.355 e. The smallest absolute Gasteiger partial charge is 0.238 e. The summed E-state index contributed by atoms with van der Waals surface area (Å²) in [5.41, 5.74) is 1.70. The normalized spacial score (nSPS) is 15.6. The molecule has 1 aliphatic rings. The average molecular weight is 389 g/mol. The highest BCUT2D eigenvalue weighted by Gasteiger charge is 2.25. The Kier molecular flexibility index (Phi) is 5.71. The lowest BCUT2D eigenvalue weighted by Gasteiger charge is -2.31. The van der Waals surface area contributed by atoms with Crippen LogP contribution in [0.3, 0.4) is 0 Å². The van der Waals surface area contributed by atoms with Crippen molar-refractivity contribution < 1.29 is 13.2 Å². The van der Waals surface area contributed by atoms with Gasteiger partial charge < -0.3 is 10.2 Å². The first-order valence-electron chi connectivity index (χ1n) is 8.77. The van der Waals surface area contributed by atoms with Crippen molar-refractivity contribution in [1.29, 1.82) is 0 Å². The molecule has 0 radical (unpaired) electrons. The zero-order valence-corrected chi connectivity index (χ0v) is 15.9. The summed E-state index contributed by atoms with van der Waals surface area (Å²) < 4.78 is 22.5. The number of hydrogen-bond acceptors (Lipinski definition) is 6. The van der Waals surface area contributed by atoms with E-state index in [9.17, 15) is 13.2 Å². The van der Waals surface area contributed by atoms with Crippen molar-refractivity contribution in [3.63, 3.8) is 0 Å². The molecular formula is C18H23N5O3S. The highest BCUT2D eigenvalue weighted by atomic mass is 32.2. The first-order chi connectivity index (χ1) is 12.8. The number of hydrogen-bond donors (Lipinski definition) is 2. The molecular weight excluding hydrogens is 366 g/mol. The van der Waals surface area contributed by atoms with Crippen LogP contribution in [0.2, 0.25) is 0 Å². The monoisotopic (exact) mass is 389 g/mol. The molecule has 144 valence electrons. The van der Waals surface area contributed by atoms with Crippen LogP contribution in [0.5, 0.6) is 0 Å². The molecule has 1 fully saturated rings. The summed E-state index contributed by atoms with van der Waals surface area (Å²) in [5, 5.41) is 16.3. The Morgan fingerprint density at radius 2 is 1.81 bits per heavy atom. The predicted octanol–water partition coefficient (Wildman–Crippen LogP) is 0.965. The fourth-order valence-electron chi connectivity index (χ4n) is 3.06. The van der Waals surface area contributed by atoms with Gasteiger partial charge in [-0.2, -0.15) is 5.10 Å². The lowest BCUT2D eigenvalue weighted by atomic mass is 9.96. The van der Waals surface area contributed by atoms with Crippen molar-refractivity contribution >= 4 is 21.7 Å². The fraction of sp³-hybridized carbons (Fsp3) is 0.389. The van der Waals surface area contributed by atoms with Crippen LogP contribution in [0.4, 0.5) is 5.82 Å². The van der Waals surface area contributed by atoms with Gasteiger partial charge in [-0.3, -0.25) is 4.79 Å². The van der Waals surface area contributed by atoms with Gasteiger partial charge in [0.05, 0.1) is 10.6 Å². The number of carbonyl (C=O) groups is 1. The quantitative estimate of drug-likeness (QED) is 0.786. The second-order valence-electron chi connectivity index (χ2n) is 6.70. The molecule has 0 aliphatic carbocycles. The number of anilines is 1. The van der Waals surface area contributed by atoms with E-state index in [2.05, 4.69) is 20.4 Å². The Hall–Kier alpha value is -2.52. The summed E-state index contributed by atoms with van der Waals surface area (Å²) in [7, 11) is -3.70. The molecule has 2 aromatic rings. The van der Waals surface area contributed by atoms with E-state index < -0.39 is 10.0 Å². The summed E-state index contributed by atoms with van der Waals surface area (Å²) in [6.07, 6.45) is 1.51. The van der Waals surface area contributed by atoms with E-state index >= 15 is 0 Å². The van der Waals surface area contributed by atoms with Gasteiger partial charge in [-0.15, -0.1) is 5.10 Å². The Balaban J connectivity index is 1.49. The van der Waals surface area contributed by atoms with Gasteiger partial charge in [0.2, 0.25) is 15.9 Å². The molecule has 1 aromatic carbocycles. The topological polar surface area (TPSA) is 118 Å². The first kappa shape index (κ1) is 19.2. The molecule has 8 nitrogen and oxygen atoms in total. The second kappa shape index (κ2) is 8.01. The SMILES string of the molecule is Cc1ccc(N2CCC(C(=O)NCc3ccc(S(N)(=O)=O)cc3)CC2)nn1. The number of nitrogens with one attached hydrogen (secondary N) is 1. The summed E-state index contributed by atoms with van der Waals surface area (Å²) in [5.74, 6) is 0.818. The molecule has 0 spiro atoms. The van der Waals surface area contributed by atoms with E-state index in [0.717, 1.165) is 43.0 Å². The summed E-state index contributed by atoms with van der Waals surface area (Å²) >= 11 is 0. The third-order valence-electron chi connectivity index (χ3n) is 4.69. The molecule has 1 aromatic heterocycles. The van der Waals surface area contributed by atoms with Gasteiger partial charge in [0, 0.05) is 25.6 Å². The number of amides is 1. The molecule has 9 heteroatoms. The first-order valence-corrected chi connectivity index (χ1v) is 10.3. The average Bonchev–Trinajstić information content (AvgIpc) is 2.66. The lowest BCUT2D eigenvalue weighted by molar-refractivity contribution is -0.125. The van der Waals surface area contributed by atoms with Gasteiger partial charge in [-0.05, 0) is 49.6 Å². The maximum Gasteiger partial charge on any atom is 0.238 e. The van der Waals surface area contributed by atoms with Gasteiger partial charge in [-0.25, -0.2) is 13.6 Å². The van der Waals surface area contributed by atoms with Gasteiger partial charge in [0.1, 0.15) is 0 Å². The van der Waals surface area contributed by atoms with Gasteiger partial charge >= 0.3 is 0 Å². The standard InChI is InChI=1S/C18H23N5O3S/c1-13-2-7-17(22-21-13)23-10-8-15(9-11-23)18(24)20-12-14-3-5-16(6-4-14)27(19,25)26/h2-7,15H,8-12H2,1H3,(H,20,24)(H2,19,25,26). The predicted molar refractivity (Wildman–Crippen MR) is 101 cm³/mol. The van der Waals surface area contributed by atoms with Crippen LogP contribution in [-0.4, -0.2) is 37.6 Å². The third kappa shape index (κ3) is 5.01. The maximum atomic E-state index is 12.4. The van der Waals surface area contributed by atoms with Crippen molar-refractivity contribution in [1.82, 2.24) is 15.5 Å². The third-order valence-corrected chi connectivity index (χ3v) is 5.62. The fourth-order valence-corrected chi connectivity index (χ4v) is 3.58. The van der Waals surface area contributed by atoms with Crippen LogP contribution in [0.25, 0.3) is 0 Å². The van der Waals surface area contributed by atoms with Crippen LogP contribution >= 0.6 is 0 Å². The summed E-state index contributed by atoms with van der Waals surface area (Å²) in [6.45, 7) is 3.78. The lowest BCUT2D eigenvalue weighted by Crippen LogP contribution is -2.40. The molecule has 1 aliphatic heterocycles. The Morgan fingerprint density at radius 1 is 1.15 bits per heavy atom. The number of carbonyl (C=O) groups excluding carboxylic acids is 1. The van der Waals surface area contributed by atoms with Crippen molar-refractivity contribution in [3.8, 4) is 0 Å². The van der Waals surface area contributed by atoms with Crippen molar-refractivity contribution in [2.45, 2.75) is 31.2 Å². The molecule has 0 saturated carbocycles. The molecule has 1 saturated heterocycles. The zero-order chi connectivity index (χ0) is 19.4. The second-order valence-corrected chi connectivity index (χ2v) is 8.26. The minimum absolute atomic E-state index is 0.0140. The largest absolute Gasteiger partial charge is 0.355 e. The van der Waals surface area contributed by atoms with Crippen LogP contribution in [0, 0.1) is 12.8 Å². The number of nitrogens with zero attached hydrogens (tertiary/aromatic N) is 3. The molecule has 27 heavy (non-hydrogen) atoms. The molecule has 0 bridgehead atoms. The molecule has 1 amide bonds. The Labute approximate surface area is 158 Å². The summed E-state index contributed by atoms with van der Waals surface area (Å²) in [4.78, 5) is 14.6. The number of sulfonamides is 1. The molecule has 2 heterocycles. The van der Waals surface area contributed by atoms with Gasteiger partial charge in [0.25, 0.3) is 0 Å². The van der Waals surface area contributed by atoms with Gasteiger partial charge in [-0.1, -0.05) is 12.1 Å². The van der Waals surface area contributed by atoms with E-state index in [1.807, 2.05) is 19.1 Å². The van der Waals surface area contributed by atoms with Crippen LogP contribution in [0.1, 0.15) is 24.1 Å². The summed E-state index contributed by atoms with van der Waals surface area (Å²) in [6, 6.07) is 10.1.